The van der Waals surface area contributed by atoms with Crippen molar-refractivity contribution in [3.05, 3.63) is 63.1 Å². The Hall–Kier alpha value is -1.03. The van der Waals surface area contributed by atoms with Gasteiger partial charge in [-0.15, -0.1) is 0 Å². The van der Waals surface area contributed by atoms with E-state index in [1.807, 2.05) is 49.5 Å². The molecule has 0 amide bonds. The molecule has 2 rings (SSSR count). The Kier molecular flexibility index (Phi) is 5.46. The molecule has 0 spiro atoms. The van der Waals surface area contributed by atoms with Gasteiger partial charge >= 0.3 is 0 Å². The van der Waals surface area contributed by atoms with E-state index in [0.717, 1.165) is 15.6 Å². The van der Waals surface area contributed by atoms with Crippen molar-refractivity contribution in [2.45, 2.75) is 19.6 Å². The summed E-state index contributed by atoms with van der Waals surface area (Å²) >= 11 is 9.78. The minimum Gasteiger partial charge on any atom is -0.487 e. The molecule has 0 aliphatic heterocycles. The van der Waals surface area contributed by atoms with Crippen LogP contribution in [0, 0.1) is 0 Å². The number of halogens is 2. The second-order valence-corrected chi connectivity index (χ2v) is 5.84. The quantitative estimate of drug-likeness (QED) is 0.819. The molecule has 0 bridgehead atoms. The summed E-state index contributed by atoms with van der Waals surface area (Å²) in [5.74, 6) is 0.703. The van der Waals surface area contributed by atoms with Crippen molar-refractivity contribution in [1.82, 2.24) is 5.32 Å². The van der Waals surface area contributed by atoms with Crippen LogP contribution in [0.4, 0.5) is 0 Å². The van der Waals surface area contributed by atoms with E-state index in [-0.39, 0.29) is 6.04 Å². The largest absolute Gasteiger partial charge is 0.487 e. The maximum Gasteiger partial charge on any atom is 0.138 e. The first kappa shape index (κ1) is 15.4. The third-order valence-electron chi connectivity index (χ3n) is 3.23. The molecule has 0 aliphatic rings. The molecule has 0 saturated carbocycles. The molecule has 0 aliphatic carbocycles. The van der Waals surface area contributed by atoms with Gasteiger partial charge in [0.2, 0.25) is 0 Å². The molecule has 0 radical (unpaired) electrons. The lowest BCUT2D eigenvalue weighted by atomic mass is 10.1. The number of ether oxygens (including phenoxy) is 1. The number of hydrogen-bond donors (Lipinski definition) is 1. The van der Waals surface area contributed by atoms with Crippen LogP contribution in [0.15, 0.2) is 46.9 Å². The summed E-state index contributed by atoms with van der Waals surface area (Å²) < 4.78 is 6.83. The molecule has 4 heteroatoms. The predicted molar refractivity (Wildman–Crippen MR) is 87.4 cm³/mol. The van der Waals surface area contributed by atoms with E-state index in [0.29, 0.717) is 17.4 Å². The van der Waals surface area contributed by atoms with Gasteiger partial charge in [0.05, 0.1) is 5.02 Å². The van der Waals surface area contributed by atoms with Gasteiger partial charge in [-0.2, -0.15) is 0 Å². The highest BCUT2D eigenvalue weighted by Gasteiger charge is 2.08. The molecule has 0 fully saturated rings. The van der Waals surface area contributed by atoms with E-state index >= 15 is 0 Å². The van der Waals surface area contributed by atoms with Crippen molar-refractivity contribution in [1.29, 1.82) is 0 Å². The second kappa shape index (κ2) is 7.11. The van der Waals surface area contributed by atoms with Gasteiger partial charge in [0.15, 0.2) is 0 Å². The maximum absolute atomic E-state index is 6.27. The molecule has 1 atom stereocenters. The zero-order valence-corrected chi connectivity index (χ0v) is 13.8. The average Bonchev–Trinajstić information content (AvgIpc) is 2.46. The van der Waals surface area contributed by atoms with Gasteiger partial charge in [-0.3, -0.25) is 0 Å². The topological polar surface area (TPSA) is 21.3 Å². The average molecular weight is 355 g/mol. The van der Waals surface area contributed by atoms with Crippen molar-refractivity contribution >= 4 is 27.5 Å². The lowest BCUT2D eigenvalue weighted by Gasteiger charge is -2.14. The number of benzene rings is 2. The Morgan fingerprint density at radius 1 is 1.25 bits per heavy atom. The highest BCUT2D eigenvalue weighted by atomic mass is 79.9. The van der Waals surface area contributed by atoms with E-state index in [1.54, 1.807) is 0 Å². The normalized spacial score (nSPS) is 12.2. The van der Waals surface area contributed by atoms with Crippen molar-refractivity contribution in [2.75, 3.05) is 7.05 Å². The molecule has 2 nitrogen and oxygen atoms in total. The number of nitrogens with one attached hydrogen (secondary N) is 1. The standard InChI is InChI=1S/C16H17BrClNO/c1-11(19-2)12-7-8-16(15(18)9-12)20-10-13-5-3-4-6-14(13)17/h3-9,11,19H,10H2,1-2H3. The summed E-state index contributed by atoms with van der Waals surface area (Å²) in [6.45, 7) is 2.58. The molecule has 0 saturated heterocycles. The van der Waals surface area contributed by atoms with Crippen LogP contribution in [0.3, 0.4) is 0 Å². The van der Waals surface area contributed by atoms with Gasteiger partial charge in [-0.05, 0) is 37.7 Å². The predicted octanol–water partition coefficient (Wildman–Crippen LogP) is 4.96. The van der Waals surface area contributed by atoms with Crippen molar-refractivity contribution in [3.63, 3.8) is 0 Å². The first-order valence-electron chi connectivity index (χ1n) is 6.44. The molecular formula is C16H17BrClNO. The van der Waals surface area contributed by atoms with E-state index in [2.05, 4.69) is 28.2 Å². The molecule has 1 unspecified atom stereocenters. The van der Waals surface area contributed by atoms with Crippen LogP contribution < -0.4 is 10.1 Å². The molecule has 0 aromatic heterocycles. The summed E-state index contributed by atoms with van der Waals surface area (Å²) in [6, 6.07) is 14.2. The molecular weight excluding hydrogens is 338 g/mol. The zero-order chi connectivity index (χ0) is 14.5. The van der Waals surface area contributed by atoms with Crippen LogP contribution in [0.25, 0.3) is 0 Å². The van der Waals surface area contributed by atoms with E-state index in [1.165, 1.54) is 0 Å². The lowest BCUT2D eigenvalue weighted by molar-refractivity contribution is 0.305. The summed E-state index contributed by atoms with van der Waals surface area (Å²) in [5.41, 5.74) is 2.24. The maximum atomic E-state index is 6.27. The summed E-state index contributed by atoms with van der Waals surface area (Å²) in [4.78, 5) is 0. The zero-order valence-electron chi connectivity index (χ0n) is 11.5. The first-order valence-corrected chi connectivity index (χ1v) is 7.62. The van der Waals surface area contributed by atoms with Crippen LogP contribution in [0.5, 0.6) is 5.75 Å². The van der Waals surface area contributed by atoms with Gasteiger partial charge in [-0.1, -0.05) is 51.8 Å². The van der Waals surface area contributed by atoms with Crippen molar-refractivity contribution in [2.24, 2.45) is 0 Å². The molecule has 2 aromatic rings. The Bertz CT molecular complexity index is 588. The van der Waals surface area contributed by atoms with E-state index < -0.39 is 0 Å². The fourth-order valence-corrected chi connectivity index (χ4v) is 2.48. The van der Waals surface area contributed by atoms with Gasteiger partial charge in [0, 0.05) is 16.1 Å². The monoisotopic (exact) mass is 353 g/mol. The lowest BCUT2D eigenvalue weighted by Crippen LogP contribution is -2.12. The SMILES string of the molecule is CNC(C)c1ccc(OCc2ccccc2Br)c(Cl)c1. The Labute approximate surface area is 133 Å². The minimum atomic E-state index is 0.268. The molecule has 106 valence electrons. The van der Waals surface area contributed by atoms with Crippen LogP contribution in [-0.2, 0) is 6.61 Å². The fraction of sp³-hybridized carbons (Fsp3) is 0.250. The Morgan fingerprint density at radius 3 is 2.65 bits per heavy atom. The van der Waals surface area contributed by atoms with Gasteiger partial charge in [0.25, 0.3) is 0 Å². The third-order valence-corrected chi connectivity index (χ3v) is 4.30. The smallest absolute Gasteiger partial charge is 0.138 e. The van der Waals surface area contributed by atoms with Crippen LogP contribution in [0.2, 0.25) is 5.02 Å². The summed E-state index contributed by atoms with van der Waals surface area (Å²) in [5, 5.41) is 3.82. The second-order valence-electron chi connectivity index (χ2n) is 4.58. The summed E-state index contributed by atoms with van der Waals surface area (Å²) in [6.07, 6.45) is 0. The minimum absolute atomic E-state index is 0.268. The molecule has 20 heavy (non-hydrogen) atoms. The Balaban J connectivity index is 2.09. The highest BCUT2D eigenvalue weighted by molar-refractivity contribution is 9.10. The van der Waals surface area contributed by atoms with Gasteiger partial charge in [-0.25, -0.2) is 0 Å². The van der Waals surface area contributed by atoms with Crippen molar-refractivity contribution < 1.29 is 4.74 Å². The van der Waals surface area contributed by atoms with E-state index in [9.17, 15) is 0 Å². The van der Waals surface area contributed by atoms with Crippen LogP contribution in [0.1, 0.15) is 24.1 Å². The molecule has 0 heterocycles. The third kappa shape index (κ3) is 3.75. The molecule has 2 aromatic carbocycles. The van der Waals surface area contributed by atoms with Crippen LogP contribution in [-0.4, -0.2) is 7.05 Å². The Morgan fingerprint density at radius 2 is 2.00 bits per heavy atom. The van der Waals surface area contributed by atoms with Crippen molar-refractivity contribution in [3.8, 4) is 5.75 Å². The number of hydrogen-bond acceptors (Lipinski definition) is 2. The first-order chi connectivity index (χ1) is 9.61. The molecule has 1 N–H and O–H groups in total. The van der Waals surface area contributed by atoms with E-state index in [4.69, 9.17) is 16.3 Å². The van der Waals surface area contributed by atoms with Gasteiger partial charge < -0.3 is 10.1 Å². The van der Waals surface area contributed by atoms with Gasteiger partial charge in [0.1, 0.15) is 12.4 Å². The number of rotatable bonds is 5. The fourth-order valence-electron chi connectivity index (χ4n) is 1.84. The highest BCUT2D eigenvalue weighted by Crippen LogP contribution is 2.29. The summed E-state index contributed by atoms with van der Waals surface area (Å²) in [7, 11) is 1.93. The van der Waals surface area contributed by atoms with Crippen LogP contribution >= 0.6 is 27.5 Å².